The summed E-state index contributed by atoms with van der Waals surface area (Å²) in [5.74, 6) is 1.42. The molecule has 0 aliphatic rings. The molecule has 0 radical (unpaired) electrons. The molecule has 7 heteroatoms. The summed E-state index contributed by atoms with van der Waals surface area (Å²) in [6.07, 6.45) is -0.666. The van der Waals surface area contributed by atoms with Crippen molar-refractivity contribution in [3.05, 3.63) is 64.5 Å². The predicted octanol–water partition coefficient (Wildman–Crippen LogP) is 4.91. The summed E-state index contributed by atoms with van der Waals surface area (Å²) in [6, 6.07) is 13.3. The van der Waals surface area contributed by atoms with Crippen LogP contribution in [0.2, 0.25) is 5.02 Å². The quantitative estimate of drug-likeness (QED) is 0.595. The van der Waals surface area contributed by atoms with Crippen molar-refractivity contribution in [2.75, 3.05) is 0 Å². The molecule has 152 valence electrons. The zero-order chi connectivity index (χ0) is 21.0. The molecule has 1 aromatic heterocycles. The maximum Gasteiger partial charge on any atom is 0.261 e. The van der Waals surface area contributed by atoms with Gasteiger partial charge < -0.3 is 14.6 Å². The average molecular weight is 414 g/mol. The number of ether oxygens (including phenoxy) is 1. The van der Waals surface area contributed by atoms with Crippen LogP contribution in [0, 0.1) is 6.92 Å². The first kappa shape index (κ1) is 20.9. The minimum atomic E-state index is -0.666. The van der Waals surface area contributed by atoms with E-state index in [4.69, 9.17) is 20.9 Å². The van der Waals surface area contributed by atoms with E-state index in [1.165, 1.54) is 0 Å². The number of rotatable bonds is 7. The van der Waals surface area contributed by atoms with Gasteiger partial charge in [-0.15, -0.1) is 0 Å². The molecule has 0 spiro atoms. The highest BCUT2D eigenvalue weighted by atomic mass is 35.5. The van der Waals surface area contributed by atoms with Crippen LogP contribution in [0.3, 0.4) is 0 Å². The van der Waals surface area contributed by atoms with Crippen LogP contribution in [0.5, 0.6) is 5.75 Å². The standard InChI is InChI=1S/C22H24ClN3O3/c1-13(2)16-10-9-14(3)11-19(16)28-15(4)22(27)24-12-20-25-21(26-29-20)17-7-5-6-8-18(17)23/h5-11,13,15H,12H2,1-4H3,(H,24,27). The molecule has 3 rings (SSSR count). The van der Waals surface area contributed by atoms with Gasteiger partial charge in [0, 0.05) is 5.56 Å². The Hall–Kier alpha value is -2.86. The van der Waals surface area contributed by atoms with E-state index < -0.39 is 6.10 Å². The SMILES string of the molecule is Cc1ccc(C(C)C)c(OC(C)C(=O)NCc2nc(-c3ccccc3Cl)no2)c1. The summed E-state index contributed by atoms with van der Waals surface area (Å²) in [5, 5.41) is 7.23. The van der Waals surface area contributed by atoms with E-state index in [1.807, 2.05) is 37.3 Å². The van der Waals surface area contributed by atoms with Gasteiger partial charge in [-0.25, -0.2) is 0 Å². The molecule has 0 saturated carbocycles. The molecule has 1 atom stereocenters. The Labute approximate surface area is 175 Å². The molecule has 1 unspecified atom stereocenters. The molecule has 2 aromatic carbocycles. The molecule has 3 aromatic rings. The molecular formula is C22H24ClN3O3. The fraction of sp³-hybridized carbons (Fsp3) is 0.318. The average Bonchev–Trinajstić information content (AvgIpc) is 3.15. The zero-order valence-corrected chi connectivity index (χ0v) is 17.7. The Morgan fingerprint density at radius 3 is 2.69 bits per heavy atom. The van der Waals surface area contributed by atoms with E-state index >= 15 is 0 Å². The van der Waals surface area contributed by atoms with Crippen molar-refractivity contribution in [2.45, 2.75) is 46.3 Å². The molecule has 0 saturated heterocycles. The van der Waals surface area contributed by atoms with Gasteiger partial charge in [0.2, 0.25) is 11.7 Å². The van der Waals surface area contributed by atoms with E-state index in [0.29, 0.717) is 28.2 Å². The molecule has 1 N–H and O–H groups in total. The molecule has 0 aliphatic heterocycles. The number of aryl methyl sites for hydroxylation is 1. The van der Waals surface area contributed by atoms with Gasteiger partial charge in [-0.05, 0) is 49.1 Å². The van der Waals surface area contributed by atoms with Crippen LogP contribution in [0.25, 0.3) is 11.4 Å². The highest BCUT2D eigenvalue weighted by Crippen LogP contribution is 2.28. The fourth-order valence-corrected chi connectivity index (χ4v) is 3.07. The van der Waals surface area contributed by atoms with E-state index in [-0.39, 0.29) is 12.5 Å². The maximum absolute atomic E-state index is 12.5. The van der Waals surface area contributed by atoms with Gasteiger partial charge in [0.05, 0.1) is 11.6 Å². The third kappa shape index (κ3) is 5.15. The van der Waals surface area contributed by atoms with Gasteiger partial charge in [-0.3, -0.25) is 4.79 Å². The third-order valence-corrected chi connectivity index (χ3v) is 4.79. The number of hydrogen-bond donors (Lipinski definition) is 1. The van der Waals surface area contributed by atoms with Crippen LogP contribution in [0.1, 0.15) is 43.7 Å². The summed E-state index contributed by atoms with van der Waals surface area (Å²) in [6.45, 7) is 8.00. The highest BCUT2D eigenvalue weighted by Gasteiger charge is 2.19. The van der Waals surface area contributed by atoms with Crippen molar-refractivity contribution in [3.63, 3.8) is 0 Å². The number of nitrogens with zero attached hydrogens (tertiary/aromatic N) is 2. The molecule has 6 nitrogen and oxygen atoms in total. The second-order valence-corrected chi connectivity index (χ2v) is 7.57. The lowest BCUT2D eigenvalue weighted by Gasteiger charge is -2.19. The predicted molar refractivity (Wildman–Crippen MR) is 112 cm³/mol. The number of amides is 1. The Morgan fingerprint density at radius 2 is 1.97 bits per heavy atom. The van der Waals surface area contributed by atoms with Crippen LogP contribution in [0.15, 0.2) is 47.0 Å². The minimum absolute atomic E-state index is 0.106. The molecule has 0 fully saturated rings. The lowest BCUT2D eigenvalue weighted by molar-refractivity contribution is -0.127. The molecular weight excluding hydrogens is 390 g/mol. The number of nitrogens with one attached hydrogen (secondary N) is 1. The molecule has 1 amide bonds. The van der Waals surface area contributed by atoms with Crippen molar-refractivity contribution in [3.8, 4) is 17.1 Å². The second-order valence-electron chi connectivity index (χ2n) is 7.17. The Balaban J connectivity index is 1.62. The summed E-state index contributed by atoms with van der Waals surface area (Å²) in [5.41, 5.74) is 2.82. The first-order chi connectivity index (χ1) is 13.8. The van der Waals surface area contributed by atoms with Crippen LogP contribution in [-0.2, 0) is 11.3 Å². The van der Waals surface area contributed by atoms with E-state index in [9.17, 15) is 4.79 Å². The largest absolute Gasteiger partial charge is 0.481 e. The van der Waals surface area contributed by atoms with Gasteiger partial charge in [0.15, 0.2) is 6.10 Å². The maximum atomic E-state index is 12.5. The smallest absolute Gasteiger partial charge is 0.261 e. The lowest BCUT2D eigenvalue weighted by atomic mass is 10.0. The van der Waals surface area contributed by atoms with Crippen LogP contribution in [0.4, 0.5) is 0 Å². The third-order valence-electron chi connectivity index (χ3n) is 4.46. The van der Waals surface area contributed by atoms with E-state index in [2.05, 4.69) is 29.3 Å². The van der Waals surface area contributed by atoms with E-state index in [1.54, 1.807) is 19.1 Å². The van der Waals surface area contributed by atoms with Gasteiger partial charge in [0.1, 0.15) is 5.75 Å². The van der Waals surface area contributed by atoms with E-state index in [0.717, 1.165) is 16.9 Å². The van der Waals surface area contributed by atoms with Crippen molar-refractivity contribution in [2.24, 2.45) is 0 Å². The number of carbonyl (C=O) groups excluding carboxylic acids is 1. The lowest BCUT2D eigenvalue weighted by Crippen LogP contribution is -2.36. The first-order valence-electron chi connectivity index (χ1n) is 9.47. The Morgan fingerprint density at radius 1 is 1.21 bits per heavy atom. The van der Waals surface area contributed by atoms with Gasteiger partial charge in [0.25, 0.3) is 5.91 Å². The number of aromatic nitrogens is 2. The van der Waals surface area contributed by atoms with Crippen LogP contribution in [-0.4, -0.2) is 22.2 Å². The number of hydrogen-bond acceptors (Lipinski definition) is 5. The second kappa shape index (κ2) is 9.09. The summed E-state index contributed by atoms with van der Waals surface area (Å²) in [4.78, 5) is 16.8. The van der Waals surface area contributed by atoms with Gasteiger partial charge in [-0.1, -0.05) is 54.9 Å². The van der Waals surface area contributed by atoms with Crippen LogP contribution < -0.4 is 10.1 Å². The minimum Gasteiger partial charge on any atom is -0.481 e. The Bertz CT molecular complexity index is 1000. The molecule has 29 heavy (non-hydrogen) atoms. The normalized spacial score (nSPS) is 12.1. The van der Waals surface area contributed by atoms with Crippen LogP contribution >= 0.6 is 11.6 Å². The summed E-state index contributed by atoms with van der Waals surface area (Å²) < 4.78 is 11.1. The van der Waals surface area contributed by atoms with Crippen molar-refractivity contribution >= 4 is 17.5 Å². The monoisotopic (exact) mass is 413 g/mol. The topological polar surface area (TPSA) is 77.2 Å². The van der Waals surface area contributed by atoms with Crippen molar-refractivity contribution in [1.29, 1.82) is 0 Å². The van der Waals surface area contributed by atoms with Crippen molar-refractivity contribution < 1.29 is 14.1 Å². The number of carbonyl (C=O) groups is 1. The number of halogens is 1. The molecule has 0 aliphatic carbocycles. The summed E-state index contributed by atoms with van der Waals surface area (Å²) in [7, 11) is 0. The fourth-order valence-electron chi connectivity index (χ4n) is 2.85. The zero-order valence-electron chi connectivity index (χ0n) is 16.9. The first-order valence-corrected chi connectivity index (χ1v) is 9.85. The highest BCUT2D eigenvalue weighted by molar-refractivity contribution is 6.33. The molecule has 0 bridgehead atoms. The molecule has 1 heterocycles. The van der Waals surface area contributed by atoms with Gasteiger partial charge in [-0.2, -0.15) is 4.98 Å². The van der Waals surface area contributed by atoms with Gasteiger partial charge >= 0.3 is 0 Å². The summed E-state index contributed by atoms with van der Waals surface area (Å²) >= 11 is 6.15. The number of benzene rings is 2. The van der Waals surface area contributed by atoms with Crippen molar-refractivity contribution in [1.82, 2.24) is 15.5 Å². The Kier molecular flexibility index (Phi) is 6.54.